The van der Waals surface area contributed by atoms with Crippen LogP contribution in [0.1, 0.15) is 5.56 Å². The van der Waals surface area contributed by atoms with Crippen molar-refractivity contribution in [2.75, 3.05) is 7.11 Å². The molecule has 0 radical (unpaired) electrons. The predicted molar refractivity (Wildman–Crippen MR) is 72.7 cm³/mol. The molecule has 0 aliphatic carbocycles. The van der Waals surface area contributed by atoms with Crippen LogP contribution in [0.15, 0.2) is 64.6 Å². The van der Waals surface area contributed by atoms with Crippen molar-refractivity contribution in [1.82, 2.24) is 0 Å². The number of methoxy groups -OCH3 is 1. The summed E-state index contributed by atoms with van der Waals surface area (Å²) in [5, 5.41) is 0. The van der Waals surface area contributed by atoms with Gasteiger partial charge < -0.3 is 4.74 Å². The highest BCUT2D eigenvalue weighted by atomic mass is 16.5. The first kappa shape index (κ1) is 12.1. The molecule has 0 saturated heterocycles. The molecule has 0 aromatic heterocycles. The molecule has 0 atom stereocenters. The number of hydrogen-bond donors (Lipinski definition) is 0. The van der Waals surface area contributed by atoms with Crippen LogP contribution in [0.25, 0.3) is 0 Å². The Bertz CT molecular complexity index is 540. The Hall–Kier alpha value is -2.38. The summed E-state index contributed by atoms with van der Waals surface area (Å²) in [4.78, 5) is 8.25. The van der Waals surface area contributed by atoms with Gasteiger partial charge in [0.05, 0.1) is 25.4 Å². The molecule has 0 unspecified atom stereocenters. The molecule has 3 nitrogen and oxygen atoms in total. The summed E-state index contributed by atoms with van der Waals surface area (Å²) in [6.07, 6.45) is 0. The van der Waals surface area contributed by atoms with Gasteiger partial charge in [0.15, 0.2) is 0 Å². The lowest BCUT2D eigenvalue weighted by Gasteiger charge is -1.99. The maximum atomic E-state index is 5.09. The van der Waals surface area contributed by atoms with Gasteiger partial charge in [0, 0.05) is 0 Å². The molecule has 2 rings (SSSR count). The molecule has 2 aromatic carbocycles. The predicted octanol–water partition coefficient (Wildman–Crippen LogP) is 3.70. The number of rotatable bonds is 4. The maximum absolute atomic E-state index is 5.09. The molecule has 0 amide bonds. The normalized spacial score (nSPS) is 9.39. The van der Waals surface area contributed by atoms with Crippen LogP contribution < -0.4 is 4.74 Å². The summed E-state index contributed by atoms with van der Waals surface area (Å²) < 4.78 is 5.09. The Morgan fingerprint density at radius 3 is 2.39 bits per heavy atom. The van der Waals surface area contributed by atoms with Gasteiger partial charge in [-0.25, -0.2) is 4.99 Å². The van der Waals surface area contributed by atoms with Crippen molar-refractivity contribution in [3.05, 3.63) is 60.2 Å². The van der Waals surface area contributed by atoms with Gasteiger partial charge in [-0.05, 0) is 29.8 Å². The summed E-state index contributed by atoms with van der Waals surface area (Å²) >= 11 is 0. The van der Waals surface area contributed by atoms with Crippen LogP contribution in [0, 0.1) is 0 Å². The molecule has 0 heterocycles. The first-order valence-corrected chi connectivity index (χ1v) is 5.69. The summed E-state index contributed by atoms with van der Waals surface area (Å²) in [5.74, 6) is 0.848. The third-order valence-electron chi connectivity index (χ3n) is 2.43. The summed E-state index contributed by atoms with van der Waals surface area (Å²) in [5.41, 5.74) is 1.96. The van der Waals surface area contributed by atoms with E-state index in [-0.39, 0.29) is 0 Å². The zero-order valence-electron chi connectivity index (χ0n) is 10.2. The highest BCUT2D eigenvalue weighted by molar-refractivity contribution is 5.52. The summed E-state index contributed by atoms with van der Waals surface area (Å²) in [7, 11) is 1.65. The Morgan fingerprint density at radius 2 is 1.72 bits per heavy atom. The third-order valence-corrected chi connectivity index (χ3v) is 2.43. The van der Waals surface area contributed by atoms with E-state index in [0.29, 0.717) is 6.54 Å². The molecular weight excluding hydrogens is 224 g/mol. The van der Waals surface area contributed by atoms with Gasteiger partial charge in [-0.1, -0.05) is 30.3 Å². The van der Waals surface area contributed by atoms with Crippen molar-refractivity contribution in [2.45, 2.75) is 6.54 Å². The van der Waals surface area contributed by atoms with Crippen molar-refractivity contribution in [2.24, 2.45) is 9.98 Å². The van der Waals surface area contributed by atoms with Crippen molar-refractivity contribution in [3.63, 3.8) is 0 Å². The lowest BCUT2D eigenvalue weighted by atomic mass is 10.2. The van der Waals surface area contributed by atoms with Gasteiger partial charge in [0.25, 0.3) is 0 Å². The Morgan fingerprint density at radius 1 is 1.00 bits per heavy atom. The largest absolute Gasteiger partial charge is 0.497 e. The molecule has 0 spiro atoms. The Labute approximate surface area is 106 Å². The minimum atomic E-state index is 0.570. The van der Waals surface area contributed by atoms with Gasteiger partial charge in [0.2, 0.25) is 0 Å². The second kappa shape index (κ2) is 6.38. The molecule has 0 fully saturated rings. The fraction of sp³-hybridized carbons (Fsp3) is 0.133. The van der Waals surface area contributed by atoms with Gasteiger partial charge in [-0.2, -0.15) is 4.99 Å². The number of hydrogen-bond acceptors (Lipinski definition) is 3. The zero-order chi connectivity index (χ0) is 12.6. The summed E-state index contributed by atoms with van der Waals surface area (Å²) in [6, 6.07) is 20.1. The molecule has 0 aliphatic heterocycles. The average molecular weight is 238 g/mol. The van der Waals surface area contributed by atoms with Crippen molar-refractivity contribution in [3.8, 4) is 5.75 Å². The van der Waals surface area contributed by atoms with E-state index in [1.165, 1.54) is 0 Å². The van der Waals surface area contributed by atoms with Crippen LogP contribution in [0.4, 0.5) is 5.69 Å². The van der Waals surface area contributed by atoms with Gasteiger partial charge in [-0.15, -0.1) is 0 Å². The smallest absolute Gasteiger partial charge is 0.118 e. The fourth-order valence-electron chi connectivity index (χ4n) is 1.45. The van der Waals surface area contributed by atoms with E-state index in [0.717, 1.165) is 17.0 Å². The van der Waals surface area contributed by atoms with Crippen LogP contribution in [0.5, 0.6) is 5.75 Å². The Kier molecular flexibility index (Phi) is 4.28. The highest BCUT2D eigenvalue weighted by Gasteiger charge is 1.91. The first-order chi connectivity index (χ1) is 8.88. The van der Waals surface area contributed by atoms with Crippen molar-refractivity contribution >= 4 is 11.7 Å². The van der Waals surface area contributed by atoms with Crippen LogP contribution in [-0.4, -0.2) is 13.1 Å². The second-order valence-electron chi connectivity index (χ2n) is 3.71. The fourth-order valence-corrected chi connectivity index (χ4v) is 1.45. The SMILES string of the molecule is COc1ccc(CN=C=Nc2ccccc2)cc1. The molecule has 0 aliphatic rings. The minimum absolute atomic E-state index is 0.570. The van der Waals surface area contributed by atoms with Crippen molar-refractivity contribution < 1.29 is 4.74 Å². The van der Waals surface area contributed by atoms with E-state index in [1.54, 1.807) is 7.11 Å². The van der Waals surface area contributed by atoms with Crippen LogP contribution in [-0.2, 0) is 6.54 Å². The van der Waals surface area contributed by atoms with E-state index in [1.807, 2.05) is 54.6 Å². The zero-order valence-corrected chi connectivity index (χ0v) is 10.2. The lowest BCUT2D eigenvalue weighted by Crippen LogP contribution is -1.84. The van der Waals surface area contributed by atoms with E-state index in [2.05, 4.69) is 16.0 Å². The number of para-hydroxylation sites is 1. The lowest BCUT2D eigenvalue weighted by molar-refractivity contribution is 0.414. The third kappa shape index (κ3) is 3.58. The number of aliphatic imine (C=N–C) groups is 2. The van der Waals surface area contributed by atoms with E-state index in [4.69, 9.17) is 4.74 Å². The van der Waals surface area contributed by atoms with Gasteiger partial charge in [0.1, 0.15) is 5.75 Å². The Balaban J connectivity index is 1.96. The molecule has 0 saturated carbocycles. The van der Waals surface area contributed by atoms with Crippen LogP contribution >= 0.6 is 0 Å². The monoisotopic (exact) mass is 238 g/mol. The first-order valence-electron chi connectivity index (χ1n) is 5.69. The molecular formula is C15H14N2O. The van der Waals surface area contributed by atoms with Crippen LogP contribution in [0.3, 0.4) is 0 Å². The molecule has 90 valence electrons. The minimum Gasteiger partial charge on any atom is -0.497 e. The molecule has 0 N–H and O–H groups in total. The summed E-state index contributed by atoms with van der Waals surface area (Å²) in [6.45, 7) is 0.570. The standard InChI is InChI=1S/C15H14N2O/c1-18-15-9-7-13(8-10-15)11-16-12-17-14-5-3-2-4-6-14/h2-10H,11H2,1H3. The number of ether oxygens (including phenoxy) is 1. The average Bonchev–Trinajstić information content (AvgIpc) is 2.45. The van der Waals surface area contributed by atoms with E-state index in [9.17, 15) is 0 Å². The highest BCUT2D eigenvalue weighted by Crippen LogP contribution is 2.12. The molecule has 3 heteroatoms. The van der Waals surface area contributed by atoms with Crippen molar-refractivity contribution in [1.29, 1.82) is 0 Å². The van der Waals surface area contributed by atoms with Crippen LogP contribution in [0.2, 0.25) is 0 Å². The quantitative estimate of drug-likeness (QED) is 0.748. The number of nitrogens with zero attached hydrogens (tertiary/aromatic N) is 2. The molecule has 18 heavy (non-hydrogen) atoms. The molecule has 2 aromatic rings. The second-order valence-corrected chi connectivity index (χ2v) is 3.71. The maximum Gasteiger partial charge on any atom is 0.118 e. The number of benzene rings is 2. The van der Waals surface area contributed by atoms with E-state index >= 15 is 0 Å². The van der Waals surface area contributed by atoms with Gasteiger partial charge in [-0.3, -0.25) is 0 Å². The van der Waals surface area contributed by atoms with E-state index < -0.39 is 0 Å². The van der Waals surface area contributed by atoms with Gasteiger partial charge >= 0.3 is 0 Å². The molecule has 0 bridgehead atoms. The topological polar surface area (TPSA) is 34.0 Å².